The van der Waals surface area contributed by atoms with Crippen LogP contribution in [0.3, 0.4) is 0 Å². The maximum absolute atomic E-state index is 6.26. The summed E-state index contributed by atoms with van der Waals surface area (Å²) in [5.74, 6) is 2.70. The van der Waals surface area contributed by atoms with Crippen molar-refractivity contribution in [3.05, 3.63) is 0 Å². The van der Waals surface area contributed by atoms with Crippen LogP contribution in [0.1, 0.15) is 58.8 Å². The molecule has 0 radical (unpaired) electrons. The van der Waals surface area contributed by atoms with E-state index >= 15 is 0 Å². The van der Waals surface area contributed by atoms with Crippen molar-refractivity contribution < 1.29 is 9.47 Å². The van der Waals surface area contributed by atoms with E-state index in [4.69, 9.17) is 9.47 Å². The topological polar surface area (TPSA) is 21.7 Å². The summed E-state index contributed by atoms with van der Waals surface area (Å²) >= 11 is 0. The zero-order valence-electron chi connectivity index (χ0n) is 14.4. The van der Waals surface area contributed by atoms with E-state index in [1.807, 2.05) is 0 Å². The summed E-state index contributed by atoms with van der Waals surface area (Å²) in [7, 11) is 0. The quantitative estimate of drug-likeness (QED) is 0.791. The third kappa shape index (κ3) is 2.85. The molecule has 4 rings (SSSR count). The SMILES string of the molecule is CC1(C)[C@H]2CC[C@@H](C2)[C@@H]1C[C@@H]1OC[C@H](CN2CCCCC2)O1. The molecule has 0 amide bonds. The number of nitrogens with zero attached hydrogens (tertiary/aromatic N) is 1. The zero-order valence-corrected chi connectivity index (χ0v) is 14.4. The van der Waals surface area contributed by atoms with Gasteiger partial charge in [0.05, 0.1) is 12.7 Å². The summed E-state index contributed by atoms with van der Waals surface area (Å²) in [4.78, 5) is 2.57. The van der Waals surface area contributed by atoms with Gasteiger partial charge in [0.1, 0.15) is 0 Å². The van der Waals surface area contributed by atoms with Crippen LogP contribution in [-0.4, -0.2) is 43.5 Å². The molecule has 4 aliphatic rings. The summed E-state index contributed by atoms with van der Waals surface area (Å²) in [6.07, 6.45) is 9.99. The van der Waals surface area contributed by atoms with Crippen molar-refractivity contribution in [1.82, 2.24) is 4.90 Å². The van der Waals surface area contributed by atoms with Gasteiger partial charge in [-0.25, -0.2) is 0 Å². The Balaban J connectivity index is 1.28. The first-order chi connectivity index (χ1) is 10.6. The zero-order chi connectivity index (χ0) is 15.2. The van der Waals surface area contributed by atoms with Crippen LogP contribution in [0.25, 0.3) is 0 Å². The molecule has 0 aromatic rings. The Morgan fingerprint density at radius 3 is 2.64 bits per heavy atom. The minimum atomic E-state index is 0.0680. The average molecular weight is 307 g/mol. The maximum atomic E-state index is 6.26. The molecule has 4 fully saturated rings. The first-order valence-corrected chi connectivity index (χ1v) is 9.62. The van der Waals surface area contributed by atoms with Gasteiger partial charge in [-0.15, -0.1) is 0 Å². The van der Waals surface area contributed by atoms with Crippen molar-refractivity contribution in [3.8, 4) is 0 Å². The number of hydrogen-bond acceptors (Lipinski definition) is 3. The molecule has 0 aromatic carbocycles. The maximum Gasteiger partial charge on any atom is 0.158 e. The van der Waals surface area contributed by atoms with Crippen molar-refractivity contribution in [1.29, 1.82) is 0 Å². The molecule has 2 saturated carbocycles. The second-order valence-corrected chi connectivity index (χ2v) is 8.82. The van der Waals surface area contributed by atoms with Gasteiger partial charge in [0.15, 0.2) is 6.29 Å². The predicted molar refractivity (Wildman–Crippen MR) is 87.6 cm³/mol. The molecule has 2 aliphatic carbocycles. The lowest BCUT2D eigenvalue weighted by Gasteiger charge is -2.39. The van der Waals surface area contributed by atoms with Crippen LogP contribution in [-0.2, 0) is 9.47 Å². The molecule has 5 atom stereocenters. The van der Waals surface area contributed by atoms with E-state index < -0.39 is 0 Å². The van der Waals surface area contributed by atoms with E-state index in [1.54, 1.807) is 0 Å². The Kier molecular flexibility index (Phi) is 4.25. The molecule has 0 unspecified atom stereocenters. The molecule has 2 bridgehead atoms. The van der Waals surface area contributed by atoms with E-state index in [-0.39, 0.29) is 6.29 Å². The monoisotopic (exact) mass is 307 g/mol. The first-order valence-electron chi connectivity index (χ1n) is 9.62. The Morgan fingerprint density at radius 2 is 1.91 bits per heavy atom. The van der Waals surface area contributed by atoms with Crippen LogP contribution >= 0.6 is 0 Å². The van der Waals surface area contributed by atoms with E-state index in [2.05, 4.69) is 18.7 Å². The van der Waals surface area contributed by atoms with Crippen LogP contribution in [0.5, 0.6) is 0 Å². The number of fused-ring (bicyclic) bond motifs is 2. The van der Waals surface area contributed by atoms with Crippen molar-refractivity contribution >= 4 is 0 Å². The molecule has 2 aliphatic heterocycles. The van der Waals surface area contributed by atoms with Gasteiger partial charge in [0.2, 0.25) is 0 Å². The molecule has 3 nitrogen and oxygen atoms in total. The highest BCUT2D eigenvalue weighted by molar-refractivity contribution is 5.02. The normalized spacial score (nSPS) is 44.7. The number of likely N-dealkylation sites (tertiary alicyclic amines) is 1. The fraction of sp³-hybridized carbons (Fsp3) is 1.00. The smallest absolute Gasteiger partial charge is 0.158 e. The summed E-state index contributed by atoms with van der Waals surface area (Å²) in [6.45, 7) is 9.37. The standard InChI is InChI=1S/C19H33NO2/c1-19(2)15-7-6-14(10-15)17(19)11-18-21-13-16(22-18)12-20-8-4-3-5-9-20/h14-18H,3-13H2,1-2H3/t14-,15-,16-,17-,18+/m0/s1. The van der Waals surface area contributed by atoms with Crippen molar-refractivity contribution in [2.24, 2.45) is 23.2 Å². The predicted octanol–water partition coefficient (Wildman–Crippen LogP) is 3.68. The van der Waals surface area contributed by atoms with Gasteiger partial charge in [-0.1, -0.05) is 20.3 Å². The minimum Gasteiger partial charge on any atom is -0.350 e. The molecule has 0 N–H and O–H groups in total. The Labute approximate surface area is 135 Å². The highest BCUT2D eigenvalue weighted by atomic mass is 16.7. The molecule has 3 heteroatoms. The molecule has 0 spiro atoms. The van der Waals surface area contributed by atoms with Crippen molar-refractivity contribution in [2.45, 2.75) is 71.2 Å². The van der Waals surface area contributed by atoms with Gasteiger partial charge in [-0.3, -0.25) is 0 Å². The largest absolute Gasteiger partial charge is 0.350 e. The lowest BCUT2D eigenvalue weighted by atomic mass is 9.67. The first kappa shape index (κ1) is 15.4. The second-order valence-electron chi connectivity index (χ2n) is 8.82. The summed E-state index contributed by atoms with van der Waals surface area (Å²) in [5, 5.41) is 0. The van der Waals surface area contributed by atoms with Crippen molar-refractivity contribution in [2.75, 3.05) is 26.2 Å². The van der Waals surface area contributed by atoms with E-state index in [9.17, 15) is 0 Å². The van der Waals surface area contributed by atoms with Gasteiger partial charge >= 0.3 is 0 Å². The Morgan fingerprint density at radius 1 is 1.09 bits per heavy atom. The third-order valence-corrected chi connectivity index (χ3v) is 7.22. The van der Waals surface area contributed by atoms with Gasteiger partial charge in [-0.05, 0) is 68.4 Å². The highest BCUT2D eigenvalue weighted by Crippen LogP contribution is 2.60. The fourth-order valence-electron chi connectivity index (χ4n) is 5.83. The molecule has 22 heavy (non-hydrogen) atoms. The summed E-state index contributed by atoms with van der Waals surface area (Å²) in [5.41, 5.74) is 0.501. The van der Waals surface area contributed by atoms with Gasteiger partial charge < -0.3 is 14.4 Å². The highest BCUT2D eigenvalue weighted by Gasteiger charge is 2.53. The number of piperidine rings is 1. The fourth-order valence-corrected chi connectivity index (χ4v) is 5.83. The molecule has 2 saturated heterocycles. The Bertz CT molecular complexity index is 391. The number of rotatable bonds is 4. The molecule has 0 aromatic heterocycles. The number of ether oxygens (including phenoxy) is 2. The second kappa shape index (κ2) is 6.07. The van der Waals surface area contributed by atoms with Crippen LogP contribution in [0.4, 0.5) is 0 Å². The summed E-state index contributed by atoms with van der Waals surface area (Å²) in [6, 6.07) is 0. The summed E-state index contributed by atoms with van der Waals surface area (Å²) < 4.78 is 12.3. The van der Waals surface area contributed by atoms with Gasteiger partial charge in [-0.2, -0.15) is 0 Å². The molecular formula is C19H33NO2. The third-order valence-electron chi connectivity index (χ3n) is 7.22. The van der Waals surface area contributed by atoms with Crippen LogP contribution < -0.4 is 0 Å². The van der Waals surface area contributed by atoms with Crippen molar-refractivity contribution in [3.63, 3.8) is 0 Å². The lowest BCUT2D eigenvalue weighted by molar-refractivity contribution is -0.0909. The lowest BCUT2D eigenvalue weighted by Crippen LogP contribution is -2.38. The van der Waals surface area contributed by atoms with E-state index in [0.29, 0.717) is 11.5 Å². The number of hydrogen-bond donors (Lipinski definition) is 0. The van der Waals surface area contributed by atoms with Gasteiger partial charge in [0.25, 0.3) is 0 Å². The molecular weight excluding hydrogens is 274 g/mol. The van der Waals surface area contributed by atoms with Crippen LogP contribution in [0.2, 0.25) is 0 Å². The Hall–Kier alpha value is -0.120. The average Bonchev–Trinajstić information content (AvgIpc) is 3.19. The minimum absolute atomic E-state index is 0.0680. The molecule has 2 heterocycles. The van der Waals surface area contributed by atoms with Crippen LogP contribution in [0, 0.1) is 23.2 Å². The van der Waals surface area contributed by atoms with E-state index in [1.165, 1.54) is 51.6 Å². The molecule has 126 valence electrons. The van der Waals surface area contributed by atoms with E-state index in [0.717, 1.165) is 37.3 Å². The van der Waals surface area contributed by atoms with Gasteiger partial charge in [0, 0.05) is 13.0 Å². The van der Waals surface area contributed by atoms with Crippen LogP contribution in [0.15, 0.2) is 0 Å².